The summed E-state index contributed by atoms with van der Waals surface area (Å²) in [4.78, 5) is 0. The molecule has 0 spiro atoms. The Kier molecular flexibility index (Phi) is 4.11. The molecule has 1 heterocycles. The highest BCUT2D eigenvalue weighted by molar-refractivity contribution is 7.99. The predicted molar refractivity (Wildman–Crippen MR) is 73.2 cm³/mol. The average molecular weight is 258 g/mol. The minimum Gasteiger partial charge on any atom is -0.396 e. The van der Waals surface area contributed by atoms with Gasteiger partial charge in [-0.25, -0.2) is 0 Å². The molecule has 100 valence electrons. The molecule has 1 aliphatic carbocycles. The van der Waals surface area contributed by atoms with Crippen molar-refractivity contribution in [2.45, 2.75) is 51.6 Å². The van der Waals surface area contributed by atoms with Gasteiger partial charge in [-0.15, -0.1) is 0 Å². The molecule has 2 aliphatic rings. The first-order valence-corrected chi connectivity index (χ1v) is 8.08. The van der Waals surface area contributed by atoms with Gasteiger partial charge in [0.05, 0.1) is 12.2 Å². The zero-order chi connectivity index (χ0) is 12.5. The van der Waals surface area contributed by atoms with Gasteiger partial charge in [0.1, 0.15) is 0 Å². The summed E-state index contributed by atoms with van der Waals surface area (Å²) in [6, 6.07) is 0. The summed E-state index contributed by atoms with van der Waals surface area (Å²) in [6.07, 6.45) is 5.09. The molecular formula is C14H26O2S. The van der Waals surface area contributed by atoms with Crippen LogP contribution >= 0.6 is 11.8 Å². The predicted octanol–water partition coefficient (Wildman–Crippen LogP) is 2.68. The molecule has 3 unspecified atom stereocenters. The average Bonchev–Trinajstić information content (AvgIpc) is 2.28. The van der Waals surface area contributed by atoms with Crippen molar-refractivity contribution in [3.63, 3.8) is 0 Å². The number of hydrogen-bond acceptors (Lipinski definition) is 3. The fourth-order valence-corrected chi connectivity index (χ4v) is 5.40. The van der Waals surface area contributed by atoms with Gasteiger partial charge in [-0.3, -0.25) is 0 Å². The van der Waals surface area contributed by atoms with E-state index in [2.05, 4.69) is 13.8 Å². The molecule has 3 heteroatoms. The third kappa shape index (κ3) is 2.52. The number of rotatable bonds is 2. The molecule has 0 amide bonds. The summed E-state index contributed by atoms with van der Waals surface area (Å²) in [5, 5.41) is 21.0. The minimum atomic E-state index is -0.633. The first-order valence-electron chi connectivity index (χ1n) is 6.92. The van der Waals surface area contributed by atoms with E-state index in [-0.39, 0.29) is 12.0 Å². The van der Waals surface area contributed by atoms with Gasteiger partial charge >= 0.3 is 0 Å². The molecule has 0 radical (unpaired) electrons. The first-order chi connectivity index (χ1) is 8.01. The van der Waals surface area contributed by atoms with Gasteiger partial charge < -0.3 is 10.2 Å². The molecular weight excluding hydrogens is 232 g/mol. The van der Waals surface area contributed by atoms with Gasteiger partial charge in [0, 0.05) is 11.2 Å². The zero-order valence-corrected chi connectivity index (χ0v) is 11.9. The van der Waals surface area contributed by atoms with Crippen molar-refractivity contribution in [2.24, 2.45) is 17.3 Å². The SMILES string of the molecule is CC1CC(C)CC(O)(C2(CO)CCCSC2)C1. The van der Waals surface area contributed by atoms with Crippen LogP contribution in [0.3, 0.4) is 0 Å². The molecule has 2 N–H and O–H groups in total. The lowest BCUT2D eigenvalue weighted by Crippen LogP contribution is -2.56. The monoisotopic (exact) mass is 258 g/mol. The lowest BCUT2D eigenvalue weighted by Gasteiger charge is -2.53. The van der Waals surface area contributed by atoms with Crippen molar-refractivity contribution in [3.8, 4) is 0 Å². The molecule has 0 bridgehead atoms. The topological polar surface area (TPSA) is 40.5 Å². The smallest absolute Gasteiger partial charge is 0.0738 e. The van der Waals surface area contributed by atoms with E-state index in [1.54, 1.807) is 0 Å². The van der Waals surface area contributed by atoms with Gasteiger partial charge in [-0.1, -0.05) is 13.8 Å². The Morgan fingerprint density at radius 1 is 1.24 bits per heavy atom. The highest BCUT2D eigenvalue weighted by Crippen LogP contribution is 2.51. The van der Waals surface area contributed by atoms with Crippen molar-refractivity contribution in [1.82, 2.24) is 0 Å². The summed E-state index contributed by atoms with van der Waals surface area (Å²) in [6.45, 7) is 4.62. The van der Waals surface area contributed by atoms with Crippen LogP contribution in [-0.4, -0.2) is 33.9 Å². The quantitative estimate of drug-likeness (QED) is 0.800. The molecule has 0 aromatic heterocycles. The van der Waals surface area contributed by atoms with Crippen LogP contribution in [0, 0.1) is 17.3 Å². The van der Waals surface area contributed by atoms with Crippen LogP contribution in [0.25, 0.3) is 0 Å². The Bertz CT molecular complexity index is 251. The van der Waals surface area contributed by atoms with Gasteiger partial charge in [0.15, 0.2) is 0 Å². The number of aliphatic hydroxyl groups is 2. The van der Waals surface area contributed by atoms with Crippen LogP contribution in [0.2, 0.25) is 0 Å². The van der Waals surface area contributed by atoms with Crippen molar-refractivity contribution >= 4 is 11.8 Å². The van der Waals surface area contributed by atoms with E-state index in [1.165, 1.54) is 12.2 Å². The molecule has 0 aromatic carbocycles. The summed E-state index contributed by atoms with van der Waals surface area (Å²) in [5.74, 6) is 3.28. The van der Waals surface area contributed by atoms with Crippen LogP contribution in [0.1, 0.15) is 46.0 Å². The summed E-state index contributed by atoms with van der Waals surface area (Å²) < 4.78 is 0. The second kappa shape index (κ2) is 5.10. The van der Waals surface area contributed by atoms with Crippen LogP contribution in [0.4, 0.5) is 0 Å². The Labute approximate surface area is 109 Å². The molecule has 17 heavy (non-hydrogen) atoms. The normalized spacial score (nSPS) is 48.0. The third-order valence-corrected chi connectivity index (χ3v) is 6.12. The van der Waals surface area contributed by atoms with Gasteiger partial charge in [0.2, 0.25) is 0 Å². The highest BCUT2D eigenvalue weighted by Gasteiger charge is 2.52. The van der Waals surface area contributed by atoms with E-state index in [4.69, 9.17) is 0 Å². The molecule has 2 rings (SSSR count). The van der Waals surface area contributed by atoms with Crippen LogP contribution in [-0.2, 0) is 0 Å². The highest BCUT2D eigenvalue weighted by atomic mass is 32.2. The molecule has 1 aliphatic heterocycles. The summed E-state index contributed by atoms with van der Waals surface area (Å²) >= 11 is 1.90. The Morgan fingerprint density at radius 2 is 1.88 bits per heavy atom. The summed E-state index contributed by atoms with van der Waals surface area (Å²) in [5.41, 5.74) is -0.870. The van der Waals surface area contributed by atoms with Crippen LogP contribution < -0.4 is 0 Å². The number of hydrogen-bond donors (Lipinski definition) is 2. The fourth-order valence-electron chi connectivity index (χ4n) is 4.01. The Morgan fingerprint density at radius 3 is 2.35 bits per heavy atom. The molecule has 1 saturated carbocycles. The first kappa shape index (κ1) is 13.7. The van der Waals surface area contributed by atoms with E-state index >= 15 is 0 Å². The minimum absolute atomic E-state index is 0.149. The third-order valence-electron chi connectivity index (χ3n) is 4.79. The van der Waals surface area contributed by atoms with Crippen molar-refractivity contribution in [2.75, 3.05) is 18.1 Å². The lowest BCUT2D eigenvalue weighted by molar-refractivity contribution is -0.143. The Balaban J connectivity index is 2.21. The second-order valence-corrected chi connectivity index (χ2v) is 7.59. The molecule has 0 aromatic rings. The number of thioether (sulfide) groups is 1. The maximum absolute atomic E-state index is 11.1. The standard InChI is InChI=1S/C14H26O2S/c1-11-6-12(2)8-14(16,7-11)13(9-15)4-3-5-17-10-13/h11-12,15-16H,3-10H2,1-2H3. The maximum atomic E-state index is 11.1. The van der Waals surface area contributed by atoms with E-state index in [0.29, 0.717) is 11.8 Å². The van der Waals surface area contributed by atoms with E-state index in [1.807, 2.05) is 11.8 Å². The van der Waals surface area contributed by atoms with Gasteiger partial charge in [-0.05, 0) is 49.7 Å². The van der Waals surface area contributed by atoms with Crippen LogP contribution in [0.15, 0.2) is 0 Å². The van der Waals surface area contributed by atoms with E-state index in [9.17, 15) is 10.2 Å². The Hall–Kier alpha value is 0.270. The maximum Gasteiger partial charge on any atom is 0.0738 e. The van der Waals surface area contributed by atoms with Crippen molar-refractivity contribution < 1.29 is 10.2 Å². The molecule has 3 atom stereocenters. The van der Waals surface area contributed by atoms with E-state index in [0.717, 1.165) is 31.4 Å². The zero-order valence-electron chi connectivity index (χ0n) is 11.1. The van der Waals surface area contributed by atoms with Gasteiger partial charge in [-0.2, -0.15) is 11.8 Å². The molecule has 2 fully saturated rings. The fraction of sp³-hybridized carbons (Fsp3) is 1.00. The lowest BCUT2D eigenvalue weighted by atomic mass is 9.60. The molecule has 2 nitrogen and oxygen atoms in total. The number of aliphatic hydroxyl groups excluding tert-OH is 1. The largest absolute Gasteiger partial charge is 0.396 e. The molecule has 1 saturated heterocycles. The van der Waals surface area contributed by atoms with Crippen molar-refractivity contribution in [3.05, 3.63) is 0 Å². The second-order valence-electron chi connectivity index (χ2n) is 6.48. The van der Waals surface area contributed by atoms with Crippen LogP contribution in [0.5, 0.6) is 0 Å². The van der Waals surface area contributed by atoms with Gasteiger partial charge in [0.25, 0.3) is 0 Å². The van der Waals surface area contributed by atoms with Crippen molar-refractivity contribution in [1.29, 1.82) is 0 Å². The summed E-state index contributed by atoms with van der Waals surface area (Å²) in [7, 11) is 0. The van der Waals surface area contributed by atoms with E-state index < -0.39 is 5.60 Å².